The predicted octanol–water partition coefficient (Wildman–Crippen LogP) is 1.66. The van der Waals surface area contributed by atoms with E-state index in [9.17, 15) is 14.0 Å². The molecule has 2 amide bonds. The van der Waals surface area contributed by atoms with E-state index < -0.39 is 11.8 Å². The van der Waals surface area contributed by atoms with Crippen LogP contribution in [0, 0.1) is 17.2 Å². The molecule has 2 rings (SSSR count). The molecule has 1 saturated heterocycles. The number of nitrogens with two attached hydrogens (primary N) is 1. The number of carbonyl (C=O) groups excluding carboxylic acids is 2. The molecule has 24 heavy (non-hydrogen) atoms. The number of hydrogen-bond donors (Lipinski definition) is 2. The SMILES string of the molecule is CC(C)(C)C[C@@H]1CN(C(=O)C(=O)NCc2ccc(F)cc2)C[C@H]1N. The summed E-state index contributed by atoms with van der Waals surface area (Å²) >= 11 is 0. The zero-order valence-corrected chi connectivity index (χ0v) is 14.5. The maximum Gasteiger partial charge on any atom is 0.311 e. The van der Waals surface area contributed by atoms with Gasteiger partial charge in [-0.2, -0.15) is 0 Å². The fraction of sp³-hybridized carbons (Fsp3) is 0.556. The molecular formula is C18H26FN3O2. The van der Waals surface area contributed by atoms with Crippen molar-refractivity contribution in [1.82, 2.24) is 10.2 Å². The number of halogens is 1. The molecule has 0 aromatic heterocycles. The van der Waals surface area contributed by atoms with Gasteiger partial charge in [0, 0.05) is 25.7 Å². The van der Waals surface area contributed by atoms with Gasteiger partial charge in [-0.25, -0.2) is 4.39 Å². The lowest BCUT2D eigenvalue weighted by molar-refractivity contribution is -0.145. The van der Waals surface area contributed by atoms with Crippen LogP contribution in [-0.4, -0.2) is 35.8 Å². The van der Waals surface area contributed by atoms with Crippen LogP contribution in [0.25, 0.3) is 0 Å². The molecule has 0 aliphatic carbocycles. The molecule has 0 spiro atoms. The third-order valence-corrected chi connectivity index (χ3v) is 4.21. The Labute approximate surface area is 142 Å². The summed E-state index contributed by atoms with van der Waals surface area (Å²) < 4.78 is 12.8. The van der Waals surface area contributed by atoms with E-state index in [0.29, 0.717) is 13.1 Å². The van der Waals surface area contributed by atoms with Crippen molar-refractivity contribution in [3.8, 4) is 0 Å². The number of nitrogens with zero attached hydrogens (tertiary/aromatic N) is 1. The summed E-state index contributed by atoms with van der Waals surface area (Å²) in [5.41, 5.74) is 7.00. The molecule has 5 nitrogen and oxygen atoms in total. The second-order valence-corrected chi connectivity index (χ2v) is 7.71. The molecule has 2 atom stereocenters. The Balaban J connectivity index is 1.87. The summed E-state index contributed by atoms with van der Waals surface area (Å²) in [5.74, 6) is -1.33. The molecular weight excluding hydrogens is 309 g/mol. The van der Waals surface area contributed by atoms with Crippen LogP contribution in [0.2, 0.25) is 0 Å². The Hall–Kier alpha value is -1.95. The number of rotatable bonds is 3. The Bertz CT molecular complexity index is 595. The minimum Gasteiger partial charge on any atom is -0.344 e. The Kier molecular flexibility index (Phi) is 5.59. The Morgan fingerprint density at radius 3 is 2.46 bits per heavy atom. The van der Waals surface area contributed by atoms with Gasteiger partial charge < -0.3 is 16.0 Å². The zero-order chi connectivity index (χ0) is 17.9. The highest BCUT2D eigenvalue weighted by Crippen LogP contribution is 2.29. The van der Waals surface area contributed by atoms with Gasteiger partial charge in [0.15, 0.2) is 0 Å². The standard InChI is InChI=1S/C18H26FN3O2/c1-18(2,3)8-13-10-22(11-15(13)20)17(24)16(23)21-9-12-4-6-14(19)7-5-12/h4-7,13,15H,8-11,20H2,1-3H3,(H,21,23)/t13-,15-/m1/s1. The fourth-order valence-electron chi connectivity index (χ4n) is 3.07. The van der Waals surface area contributed by atoms with Gasteiger partial charge in [0.05, 0.1) is 0 Å². The minimum atomic E-state index is -0.650. The van der Waals surface area contributed by atoms with Gasteiger partial charge in [0.1, 0.15) is 5.82 Å². The van der Waals surface area contributed by atoms with E-state index in [4.69, 9.17) is 5.73 Å². The van der Waals surface area contributed by atoms with Crippen LogP contribution < -0.4 is 11.1 Å². The van der Waals surface area contributed by atoms with Crippen molar-refractivity contribution < 1.29 is 14.0 Å². The summed E-state index contributed by atoms with van der Waals surface area (Å²) in [5, 5.41) is 2.58. The summed E-state index contributed by atoms with van der Waals surface area (Å²) in [6.07, 6.45) is 0.912. The first kappa shape index (κ1) is 18.4. The predicted molar refractivity (Wildman–Crippen MR) is 90.4 cm³/mol. The average molecular weight is 335 g/mol. The molecule has 1 aromatic carbocycles. The van der Waals surface area contributed by atoms with Crippen LogP contribution in [0.5, 0.6) is 0 Å². The van der Waals surface area contributed by atoms with E-state index in [1.165, 1.54) is 17.0 Å². The second kappa shape index (κ2) is 7.30. The molecule has 132 valence electrons. The lowest BCUT2D eigenvalue weighted by Gasteiger charge is -2.24. The zero-order valence-electron chi connectivity index (χ0n) is 14.5. The van der Waals surface area contributed by atoms with E-state index in [-0.39, 0.29) is 29.7 Å². The largest absolute Gasteiger partial charge is 0.344 e. The summed E-state index contributed by atoms with van der Waals surface area (Å²) in [7, 11) is 0. The number of carbonyl (C=O) groups is 2. The minimum absolute atomic E-state index is 0.0990. The van der Waals surface area contributed by atoms with Crippen LogP contribution in [0.4, 0.5) is 4.39 Å². The highest BCUT2D eigenvalue weighted by Gasteiger charge is 2.36. The Morgan fingerprint density at radius 1 is 1.25 bits per heavy atom. The molecule has 1 aromatic rings. The van der Waals surface area contributed by atoms with Crippen molar-refractivity contribution in [3.05, 3.63) is 35.6 Å². The van der Waals surface area contributed by atoms with Crippen LogP contribution >= 0.6 is 0 Å². The summed E-state index contributed by atoms with van der Waals surface area (Å²) in [6, 6.07) is 5.69. The molecule has 3 N–H and O–H groups in total. The lowest BCUT2D eigenvalue weighted by Crippen LogP contribution is -2.42. The number of nitrogens with one attached hydrogen (secondary N) is 1. The van der Waals surface area contributed by atoms with Crippen molar-refractivity contribution >= 4 is 11.8 Å². The van der Waals surface area contributed by atoms with Crippen molar-refractivity contribution in [2.75, 3.05) is 13.1 Å². The number of benzene rings is 1. The van der Waals surface area contributed by atoms with Gasteiger partial charge in [-0.3, -0.25) is 9.59 Å². The second-order valence-electron chi connectivity index (χ2n) is 7.71. The van der Waals surface area contributed by atoms with Gasteiger partial charge in [-0.1, -0.05) is 32.9 Å². The first-order valence-electron chi connectivity index (χ1n) is 8.23. The molecule has 1 heterocycles. The topological polar surface area (TPSA) is 75.4 Å². The molecule has 1 aliphatic heterocycles. The average Bonchev–Trinajstić information content (AvgIpc) is 2.84. The summed E-state index contributed by atoms with van der Waals surface area (Å²) in [6.45, 7) is 7.53. The molecule has 0 saturated carbocycles. The third kappa shape index (κ3) is 5.03. The molecule has 0 bridgehead atoms. The first-order valence-corrected chi connectivity index (χ1v) is 8.23. The van der Waals surface area contributed by atoms with Crippen molar-refractivity contribution in [1.29, 1.82) is 0 Å². The maximum atomic E-state index is 12.8. The Morgan fingerprint density at radius 2 is 1.88 bits per heavy atom. The van der Waals surface area contributed by atoms with Gasteiger partial charge >= 0.3 is 11.8 Å². The number of likely N-dealkylation sites (tertiary alicyclic amines) is 1. The van der Waals surface area contributed by atoms with Gasteiger partial charge in [-0.15, -0.1) is 0 Å². The third-order valence-electron chi connectivity index (χ3n) is 4.21. The number of hydrogen-bond acceptors (Lipinski definition) is 3. The van der Waals surface area contributed by atoms with Crippen molar-refractivity contribution in [2.45, 2.75) is 39.8 Å². The van der Waals surface area contributed by atoms with Crippen LogP contribution in [0.1, 0.15) is 32.8 Å². The van der Waals surface area contributed by atoms with Gasteiger partial charge in [-0.05, 0) is 35.4 Å². The highest BCUT2D eigenvalue weighted by atomic mass is 19.1. The van der Waals surface area contributed by atoms with Crippen molar-refractivity contribution in [2.24, 2.45) is 17.1 Å². The molecule has 0 unspecified atom stereocenters. The fourth-order valence-corrected chi connectivity index (χ4v) is 3.07. The van der Waals surface area contributed by atoms with E-state index in [2.05, 4.69) is 26.1 Å². The van der Waals surface area contributed by atoms with Gasteiger partial charge in [0.25, 0.3) is 0 Å². The van der Waals surface area contributed by atoms with Crippen LogP contribution in [0.3, 0.4) is 0 Å². The van der Waals surface area contributed by atoms with E-state index >= 15 is 0 Å². The van der Waals surface area contributed by atoms with Crippen molar-refractivity contribution in [3.63, 3.8) is 0 Å². The summed E-state index contributed by atoms with van der Waals surface area (Å²) in [4.78, 5) is 25.9. The highest BCUT2D eigenvalue weighted by molar-refractivity contribution is 6.35. The molecule has 1 aliphatic rings. The monoisotopic (exact) mass is 335 g/mol. The van der Waals surface area contributed by atoms with E-state index in [1.807, 2.05) is 0 Å². The lowest BCUT2D eigenvalue weighted by atomic mass is 9.83. The molecule has 1 fully saturated rings. The van der Waals surface area contributed by atoms with E-state index in [0.717, 1.165) is 12.0 Å². The number of amides is 2. The molecule has 6 heteroatoms. The van der Waals surface area contributed by atoms with Gasteiger partial charge in [0.2, 0.25) is 0 Å². The normalized spacial score (nSPS) is 21.0. The quantitative estimate of drug-likeness (QED) is 0.825. The first-order chi connectivity index (χ1) is 11.2. The maximum absolute atomic E-state index is 12.8. The smallest absolute Gasteiger partial charge is 0.311 e. The van der Waals surface area contributed by atoms with Crippen LogP contribution in [0.15, 0.2) is 24.3 Å². The van der Waals surface area contributed by atoms with E-state index in [1.54, 1.807) is 12.1 Å². The molecule has 0 radical (unpaired) electrons. The van der Waals surface area contributed by atoms with Crippen LogP contribution in [-0.2, 0) is 16.1 Å².